The highest BCUT2D eigenvalue weighted by atomic mass is 35.5. The standard InChI is InChI=1S/C16H18ClN3O/c1-9(2)14-7-11-5-13(17)6-12(16(11)21-14)8-20-10(3)4-15(18)19-20/h4-7,9H,8H2,1-3H3,(H2,18,19). The van der Waals surface area contributed by atoms with Crippen LogP contribution < -0.4 is 5.73 Å². The van der Waals surface area contributed by atoms with Crippen LogP contribution in [-0.2, 0) is 6.54 Å². The lowest BCUT2D eigenvalue weighted by Crippen LogP contribution is -2.04. The van der Waals surface area contributed by atoms with Gasteiger partial charge in [0, 0.05) is 33.7 Å². The summed E-state index contributed by atoms with van der Waals surface area (Å²) < 4.78 is 7.86. The Morgan fingerprint density at radius 2 is 2.05 bits per heavy atom. The highest BCUT2D eigenvalue weighted by molar-refractivity contribution is 6.31. The maximum Gasteiger partial charge on any atom is 0.145 e. The number of nitrogens with two attached hydrogens (primary N) is 1. The van der Waals surface area contributed by atoms with Gasteiger partial charge in [0.25, 0.3) is 0 Å². The lowest BCUT2D eigenvalue weighted by Gasteiger charge is -2.06. The fourth-order valence-electron chi connectivity index (χ4n) is 2.46. The molecule has 0 aliphatic carbocycles. The normalized spacial score (nSPS) is 11.7. The smallest absolute Gasteiger partial charge is 0.145 e. The molecule has 3 rings (SSSR count). The van der Waals surface area contributed by atoms with Gasteiger partial charge in [-0.1, -0.05) is 25.4 Å². The third-order valence-corrected chi connectivity index (χ3v) is 3.78. The van der Waals surface area contributed by atoms with Gasteiger partial charge in [-0.3, -0.25) is 4.68 Å². The molecule has 0 bridgehead atoms. The Labute approximate surface area is 128 Å². The van der Waals surface area contributed by atoms with E-state index in [1.54, 1.807) is 0 Å². The van der Waals surface area contributed by atoms with Crippen LogP contribution in [0.5, 0.6) is 0 Å². The Morgan fingerprint density at radius 3 is 2.67 bits per heavy atom. The number of furan rings is 1. The van der Waals surface area contributed by atoms with Crippen molar-refractivity contribution >= 4 is 28.4 Å². The van der Waals surface area contributed by atoms with E-state index in [0.717, 1.165) is 28.0 Å². The summed E-state index contributed by atoms with van der Waals surface area (Å²) in [6, 6.07) is 7.76. The predicted molar refractivity (Wildman–Crippen MR) is 85.8 cm³/mol. The molecule has 4 nitrogen and oxygen atoms in total. The van der Waals surface area contributed by atoms with E-state index in [4.69, 9.17) is 21.8 Å². The van der Waals surface area contributed by atoms with Crippen LogP contribution in [0.25, 0.3) is 11.0 Å². The molecule has 0 saturated carbocycles. The van der Waals surface area contributed by atoms with Crippen molar-refractivity contribution in [3.05, 3.63) is 46.3 Å². The highest BCUT2D eigenvalue weighted by Crippen LogP contribution is 2.31. The molecule has 2 N–H and O–H groups in total. The number of nitrogen functional groups attached to an aromatic ring is 1. The average molecular weight is 304 g/mol. The van der Waals surface area contributed by atoms with E-state index in [1.165, 1.54) is 0 Å². The van der Waals surface area contributed by atoms with Crippen molar-refractivity contribution in [2.24, 2.45) is 0 Å². The van der Waals surface area contributed by atoms with Gasteiger partial charge < -0.3 is 10.2 Å². The molecule has 5 heteroatoms. The number of anilines is 1. The van der Waals surface area contributed by atoms with Crippen LogP contribution >= 0.6 is 11.6 Å². The number of benzene rings is 1. The monoisotopic (exact) mass is 303 g/mol. The second kappa shape index (κ2) is 5.11. The Morgan fingerprint density at radius 1 is 1.29 bits per heavy atom. The number of aromatic nitrogens is 2. The molecule has 0 amide bonds. The number of aryl methyl sites for hydroxylation is 1. The van der Waals surface area contributed by atoms with Gasteiger partial charge in [-0.15, -0.1) is 0 Å². The van der Waals surface area contributed by atoms with Gasteiger partial charge in [-0.05, 0) is 25.1 Å². The van der Waals surface area contributed by atoms with E-state index in [2.05, 4.69) is 25.0 Å². The molecule has 0 saturated heterocycles. The first kappa shape index (κ1) is 14.0. The van der Waals surface area contributed by atoms with Crippen LogP contribution in [0.4, 0.5) is 5.82 Å². The Balaban J connectivity index is 2.10. The zero-order chi connectivity index (χ0) is 15.1. The molecule has 0 aliphatic heterocycles. The zero-order valence-electron chi connectivity index (χ0n) is 12.4. The number of rotatable bonds is 3. The van der Waals surface area contributed by atoms with Gasteiger partial charge in [0.2, 0.25) is 0 Å². The highest BCUT2D eigenvalue weighted by Gasteiger charge is 2.13. The lowest BCUT2D eigenvalue weighted by atomic mass is 10.1. The number of hydrogen-bond acceptors (Lipinski definition) is 3. The second-order valence-corrected chi connectivity index (χ2v) is 6.09. The molecule has 0 spiro atoms. The van der Waals surface area contributed by atoms with Crippen LogP contribution in [0.2, 0.25) is 5.02 Å². The molecular formula is C16H18ClN3O. The summed E-state index contributed by atoms with van der Waals surface area (Å²) in [5, 5.41) is 6.02. The minimum absolute atomic E-state index is 0.339. The van der Waals surface area contributed by atoms with Crippen LogP contribution in [0.1, 0.15) is 36.8 Å². The van der Waals surface area contributed by atoms with Crippen LogP contribution in [0.3, 0.4) is 0 Å². The Hall–Kier alpha value is -1.94. The average Bonchev–Trinajstić information content (AvgIpc) is 2.93. The van der Waals surface area contributed by atoms with Gasteiger partial charge in [0.1, 0.15) is 17.2 Å². The van der Waals surface area contributed by atoms with Gasteiger partial charge in [0.05, 0.1) is 6.54 Å². The summed E-state index contributed by atoms with van der Waals surface area (Å²) in [7, 11) is 0. The summed E-state index contributed by atoms with van der Waals surface area (Å²) in [6.07, 6.45) is 0. The van der Waals surface area contributed by atoms with Crippen LogP contribution in [0, 0.1) is 6.92 Å². The van der Waals surface area contributed by atoms with Gasteiger partial charge >= 0.3 is 0 Å². The second-order valence-electron chi connectivity index (χ2n) is 5.65. The van der Waals surface area contributed by atoms with Crippen molar-refractivity contribution in [3.8, 4) is 0 Å². The molecule has 2 aromatic heterocycles. The van der Waals surface area contributed by atoms with E-state index < -0.39 is 0 Å². The third kappa shape index (κ3) is 2.63. The molecule has 0 radical (unpaired) electrons. The molecule has 0 atom stereocenters. The van der Waals surface area contributed by atoms with Crippen molar-refractivity contribution in [3.63, 3.8) is 0 Å². The van der Waals surface area contributed by atoms with Crippen LogP contribution in [-0.4, -0.2) is 9.78 Å². The van der Waals surface area contributed by atoms with E-state index in [0.29, 0.717) is 23.3 Å². The molecule has 110 valence electrons. The third-order valence-electron chi connectivity index (χ3n) is 3.57. The summed E-state index contributed by atoms with van der Waals surface area (Å²) in [5.41, 5.74) is 8.63. The molecule has 0 unspecified atom stereocenters. The molecule has 2 heterocycles. The number of nitrogens with zero attached hydrogens (tertiary/aromatic N) is 2. The van der Waals surface area contributed by atoms with Crippen molar-refractivity contribution in [2.45, 2.75) is 33.2 Å². The molecular weight excluding hydrogens is 286 g/mol. The number of halogens is 1. The first-order chi connectivity index (χ1) is 9.94. The van der Waals surface area contributed by atoms with Crippen molar-refractivity contribution in [1.82, 2.24) is 9.78 Å². The molecule has 3 aromatic rings. The summed E-state index contributed by atoms with van der Waals surface area (Å²) >= 11 is 6.23. The lowest BCUT2D eigenvalue weighted by molar-refractivity contribution is 0.516. The molecule has 0 aliphatic rings. The molecule has 0 fully saturated rings. The number of hydrogen-bond donors (Lipinski definition) is 1. The van der Waals surface area contributed by atoms with Crippen molar-refractivity contribution in [2.75, 3.05) is 5.73 Å². The first-order valence-corrected chi connectivity index (χ1v) is 7.33. The van der Waals surface area contributed by atoms with E-state index in [-0.39, 0.29) is 0 Å². The van der Waals surface area contributed by atoms with E-state index in [9.17, 15) is 0 Å². The van der Waals surface area contributed by atoms with Gasteiger partial charge in [0.15, 0.2) is 0 Å². The summed E-state index contributed by atoms with van der Waals surface area (Å²) in [6.45, 7) is 6.78. The van der Waals surface area contributed by atoms with Gasteiger partial charge in [-0.2, -0.15) is 5.10 Å². The minimum atomic E-state index is 0.339. The summed E-state index contributed by atoms with van der Waals surface area (Å²) in [4.78, 5) is 0. The van der Waals surface area contributed by atoms with Crippen LogP contribution in [0.15, 0.2) is 28.7 Å². The van der Waals surface area contributed by atoms with Crippen molar-refractivity contribution in [1.29, 1.82) is 0 Å². The minimum Gasteiger partial charge on any atom is -0.460 e. The fourth-order valence-corrected chi connectivity index (χ4v) is 2.71. The number of fused-ring (bicyclic) bond motifs is 1. The topological polar surface area (TPSA) is 57.0 Å². The van der Waals surface area contributed by atoms with Gasteiger partial charge in [-0.25, -0.2) is 0 Å². The maximum atomic E-state index is 6.23. The predicted octanol–water partition coefficient (Wildman–Crippen LogP) is 4.35. The van der Waals surface area contributed by atoms with Crippen molar-refractivity contribution < 1.29 is 4.42 Å². The Bertz CT molecular complexity index is 801. The quantitative estimate of drug-likeness (QED) is 0.783. The fraction of sp³-hybridized carbons (Fsp3) is 0.312. The maximum absolute atomic E-state index is 6.23. The SMILES string of the molecule is Cc1cc(N)nn1Cc1cc(Cl)cc2cc(C(C)C)oc12. The molecule has 1 aromatic carbocycles. The largest absolute Gasteiger partial charge is 0.460 e. The zero-order valence-corrected chi connectivity index (χ0v) is 13.1. The first-order valence-electron chi connectivity index (χ1n) is 6.96. The van der Waals surface area contributed by atoms with E-state index >= 15 is 0 Å². The Kier molecular flexibility index (Phi) is 3.41. The summed E-state index contributed by atoms with van der Waals surface area (Å²) in [5.74, 6) is 1.82. The van der Waals surface area contributed by atoms with E-state index in [1.807, 2.05) is 29.8 Å². The molecule has 21 heavy (non-hydrogen) atoms.